The number of thiazole rings is 2. The highest BCUT2D eigenvalue weighted by Crippen LogP contribution is 2.21. The van der Waals surface area contributed by atoms with Gasteiger partial charge in [-0.05, 0) is 38.7 Å². The van der Waals surface area contributed by atoms with Gasteiger partial charge in [0, 0.05) is 60.4 Å². The molecule has 3 heterocycles. The fourth-order valence-corrected chi connectivity index (χ4v) is 7.07. The highest BCUT2D eigenvalue weighted by atomic mass is 32.1. The van der Waals surface area contributed by atoms with Crippen molar-refractivity contribution in [3.63, 3.8) is 0 Å². The number of piperazine rings is 1. The van der Waals surface area contributed by atoms with Gasteiger partial charge in [-0.3, -0.25) is 34.3 Å². The number of nitrogens with zero attached hydrogens (tertiary/aromatic N) is 5. The number of carboxylic acid groups (broad SMARTS) is 1. The van der Waals surface area contributed by atoms with Crippen LogP contribution in [0.4, 0.5) is 4.79 Å². The predicted molar refractivity (Wildman–Crippen MR) is 183 cm³/mol. The minimum atomic E-state index is -1.21. The summed E-state index contributed by atoms with van der Waals surface area (Å²) in [5, 5.41) is 28.1. The Labute approximate surface area is 284 Å². The van der Waals surface area contributed by atoms with Crippen LogP contribution in [0.3, 0.4) is 0 Å². The van der Waals surface area contributed by atoms with Crippen LogP contribution >= 0.6 is 22.7 Å². The normalized spacial score (nSPS) is 18.0. The van der Waals surface area contributed by atoms with Crippen LogP contribution in [0.1, 0.15) is 49.9 Å². The van der Waals surface area contributed by atoms with Crippen molar-refractivity contribution < 1.29 is 24.6 Å². The first-order chi connectivity index (χ1) is 22.3. The van der Waals surface area contributed by atoms with Crippen LogP contribution in [-0.4, -0.2) is 109 Å². The summed E-state index contributed by atoms with van der Waals surface area (Å²) >= 11 is 2.90. The standard InChI is InChI=1S/C33H47N7O5S2/c1-22(2)29(40(32(44)45)17-25-15-35-21-47-25)31(43)36-26(13-23-9-7-6-8-10-23)28(41)19-39-12-11-38(16-24-14-34-20-46-24)18-27(39)30(42)37-33(3,4)5/h6-10,14-15,20-22,26-29,41H,11-13,16-19H2,1-5H3,(H,36,43)(H,37,42)(H,44,45)/t26-,27-,28-,29-/m0/s1. The Kier molecular flexibility index (Phi) is 12.9. The van der Waals surface area contributed by atoms with Gasteiger partial charge in [-0.1, -0.05) is 44.2 Å². The number of hydrogen-bond acceptors (Lipinski definition) is 10. The van der Waals surface area contributed by atoms with Gasteiger partial charge < -0.3 is 20.8 Å². The maximum atomic E-state index is 14.0. The number of benzene rings is 1. The van der Waals surface area contributed by atoms with Crippen molar-refractivity contribution in [3.8, 4) is 0 Å². The number of carbonyl (C=O) groups excluding carboxylic acids is 2. The fourth-order valence-electron chi connectivity index (χ4n) is 5.85. The van der Waals surface area contributed by atoms with Crippen LogP contribution in [0.15, 0.2) is 53.7 Å². The second-order valence-corrected chi connectivity index (χ2v) is 15.3. The summed E-state index contributed by atoms with van der Waals surface area (Å²) in [5.74, 6) is -0.948. The van der Waals surface area contributed by atoms with Crippen LogP contribution in [0.25, 0.3) is 0 Å². The Morgan fingerprint density at radius 1 is 1.04 bits per heavy atom. The van der Waals surface area contributed by atoms with Crippen molar-refractivity contribution in [1.29, 1.82) is 0 Å². The van der Waals surface area contributed by atoms with Crippen molar-refractivity contribution in [3.05, 3.63) is 69.1 Å². The molecule has 1 fully saturated rings. The molecule has 1 saturated heterocycles. The van der Waals surface area contributed by atoms with E-state index in [9.17, 15) is 24.6 Å². The average molecular weight is 686 g/mol. The van der Waals surface area contributed by atoms with E-state index in [2.05, 4.69) is 25.5 Å². The summed E-state index contributed by atoms with van der Waals surface area (Å²) in [7, 11) is 0. The van der Waals surface area contributed by atoms with E-state index in [1.165, 1.54) is 11.3 Å². The number of carbonyl (C=O) groups is 3. The van der Waals surface area contributed by atoms with Gasteiger partial charge >= 0.3 is 6.09 Å². The van der Waals surface area contributed by atoms with Gasteiger partial charge in [0.15, 0.2) is 0 Å². The van der Waals surface area contributed by atoms with E-state index < -0.39 is 41.8 Å². The molecule has 4 rings (SSSR count). The second-order valence-electron chi connectivity index (χ2n) is 13.4. The first-order valence-electron chi connectivity index (χ1n) is 15.9. The maximum Gasteiger partial charge on any atom is 0.408 e. The molecule has 14 heteroatoms. The fraction of sp³-hybridized carbons (Fsp3) is 0.545. The van der Waals surface area contributed by atoms with Crippen LogP contribution in [0.5, 0.6) is 0 Å². The van der Waals surface area contributed by atoms with Gasteiger partial charge in [0.25, 0.3) is 0 Å². The molecule has 0 unspecified atom stereocenters. The number of nitrogens with one attached hydrogen (secondary N) is 2. The van der Waals surface area contributed by atoms with E-state index in [1.54, 1.807) is 42.4 Å². The van der Waals surface area contributed by atoms with Gasteiger partial charge in [0.05, 0.1) is 29.7 Å². The molecule has 1 aliphatic heterocycles. The van der Waals surface area contributed by atoms with Gasteiger partial charge in [0.1, 0.15) is 12.1 Å². The van der Waals surface area contributed by atoms with Gasteiger partial charge in [-0.2, -0.15) is 0 Å². The molecule has 0 aliphatic carbocycles. The number of β-amino-alcohol motifs (C(OH)–C–C–N with tert-alkyl or cyclic N) is 1. The molecule has 0 bridgehead atoms. The largest absolute Gasteiger partial charge is 0.465 e. The Balaban J connectivity index is 1.55. The van der Waals surface area contributed by atoms with E-state index in [0.29, 0.717) is 32.6 Å². The SMILES string of the molecule is CC(C)[C@@H](C(=O)N[C@@H](Cc1ccccc1)[C@@H](O)CN1CCN(Cc2cncs2)C[C@H]1C(=O)NC(C)(C)C)N(Cc1cncs1)C(=O)O. The van der Waals surface area contributed by atoms with Crippen LogP contribution in [0.2, 0.25) is 0 Å². The monoisotopic (exact) mass is 685 g/mol. The van der Waals surface area contributed by atoms with E-state index >= 15 is 0 Å². The quantitative estimate of drug-likeness (QED) is 0.200. The second kappa shape index (κ2) is 16.6. The summed E-state index contributed by atoms with van der Waals surface area (Å²) in [6.45, 7) is 12.0. The predicted octanol–water partition coefficient (Wildman–Crippen LogP) is 3.29. The summed E-state index contributed by atoms with van der Waals surface area (Å²) in [6, 6.07) is 7.28. The average Bonchev–Trinajstić information content (AvgIpc) is 3.71. The van der Waals surface area contributed by atoms with E-state index in [1.807, 2.05) is 62.2 Å². The molecule has 0 radical (unpaired) electrons. The molecule has 1 aliphatic rings. The number of rotatable bonds is 14. The Hall–Kier alpha value is -3.43. The first kappa shape index (κ1) is 36.4. The molecule has 4 N–H and O–H groups in total. The lowest BCUT2D eigenvalue weighted by Gasteiger charge is -2.43. The lowest BCUT2D eigenvalue weighted by atomic mass is 9.97. The molecular formula is C33H47N7O5S2. The zero-order valence-electron chi connectivity index (χ0n) is 27.7. The van der Waals surface area contributed by atoms with Crippen molar-refractivity contribution in [2.45, 2.75) is 83.9 Å². The molecule has 0 saturated carbocycles. The highest BCUT2D eigenvalue weighted by Gasteiger charge is 2.38. The van der Waals surface area contributed by atoms with Crippen molar-refractivity contribution in [1.82, 2.24) is 35.3 Å². The number of aliphatic hydroxyl groups excluding tert-OH is 1. The van der Waals surface area contributed by atoms with Gasteiger partial charge in [0.2, 0.25) is 11.8 Å². The van der Waals surface area contributed by atoms with E-state index in [0.717, 1.165) is 20.2 Å². The lowest BCUT2D eigenvalue weighted by molar-refractivity contribution is -0.133. The Morgan fingerprint density at radius 2 is 1.70 bits per heavy atom. The van der Waals surface area contributed by atoms with Gasteiger partial charge in [-0.15, -0.1) is 22.7 Å². The molecule has 47 heavy (non-hydrogen) atoms. The molecule has 256 valence electrons. The summed E-state index contributed by atoms with van der Waals surface area (Å²) in [6.07, 6.45) is 1.50. The van der Waals surface area contributed by atoms with Gasteiger partial charge in [-0.25, -0.2) is 4.79 Å². The molecule has 0 spiro atoms. The highest BCUT2D eigenvalue weighted by molar-refractivity contribution is 7.09. The van der Waals surface area contributed by atoms with Crippen LogP contribution < -0.4 is 10.6 Å². The molecule has 2 aromatic heterocycles. The molecule has 3 amide bonds. The first-order valence-corrected chi connectivity index (χ1v) is 17.6. The molecule has 4 atom stereocenters. The summed E-state index contributed by atoms with van der Waals surface area (Å²) in [4.78, 5) is 55.4. The van der Waals surface area contributed by atoms with E-state index in [4.69, 9.17) is 0 Å². The number of aliphatic hydroxyl groups is 1. The van der Waals surface area contributed by atoms with E-state index in [-0.39, 0.29) is 24.9 Å². The zero-order chi connectivity index (χ0) is 34.1. The van der Waals surface area contributed by atoms with Crippen molar-refractivity contribution in [2.75, 3.05) is 26.2 Å². The van der Waals surface area contributed by atoms with Crippen LogP contribution in [0, 0.1) is 5.92 Å². The molecule has 3 aromatic rings. The zero-order valence-corrected chi connectivity index (χ0v) is 29.3. The number of amides is 3. The smallest absolute Gasteiger partial charge is 0.408 e. The number of aromatic nitrogens is 2. The summed E-state index contributed by atoms with van der Waals surface area (Å²) in [5.41, 5.74) is 3.90. The van der Waals surface area contributed by atoms with Crippen LogP contribution in [-0.2, 0) is 29.1 Å². The topological polar surface area (TPSA) is 151 Å². The van der Waals surface area contributed by atoms with Crippen molar-refractivity contribution >= 4 is 40.6 Å². The minimum Gasteiger partial charge on any atom is -0.465 e. The third-order valence-electron chi connectivity index (χ3n) is 8.04. The number of hydrogen-bond donors (Lipinski definition) is 4. The molecular weight excluding hydrogens is 639 g/mol. The minimum absolute atomic E-state index is 0.0263. The molecule has 1 aromatic carbocycles. The Bertz CT molecular complexity index is 1420. The van der Waals surface area contributed by atoms with Crippen molar-refractivity contribution in [2.24, 2.45) is 5.92 Å². The Morgan fingerprint density at radius 3 is 2.28 bits per heavy atom. The summed E-state index contributed by atoms with van der Waals surface area (Å²) < 4.78 is 0. The molecule has 12 nitrogen and oxygen atoms in total. The lowest BCUT2D eigenvalue weighted by Crippen LogP contribution is -2.63. The third-order valence-corrected chi connectivity index (χ3v) is 9.57. The maximum absolute atomic E-state index is 14.0. The third kappa shape index (κ3) is 10.8.